The summed E-state index contributed by atoms with van der Waals surface area (Å²) >= 11 is 0. The predicted molar refractivity (Wildman–Crippen MR) is 57.9 cm³/mol. The normalized spacial score (nSPS) is 21.1. The van der Waals surface area contributed by atoms with Crippen molar-refractivity contribution in [2.75, 3.05) is 6.54 Å². The molecule has 0 saturated heterocycles. The van der Waals surface area contributed by atoms with Crippen molar-refractivity contribution < 1.29 is 4.79 Å². The zero-order chi connectivity index (χ0) is 10.6. The number of carbonyl (C=O) groups is 1. The lowest BCUT2D eigenvalue weighted by Gasteiger charge is -2.41. The summed E-state index contributed by atoms with van der Waals surface area (Å²) in [6, 6.07) is -0.330. The maximum absolute atomic E-state index is 11.4. The van der Waals surface area contributed by atoms with Crippen LogP contribution in [0.1, 0.15) is 46.0 Å². The van der Waals surface area contributed by atoms with Crippen molar-refractivity contribution in [2.45, 2.75) is 52.0 Å². The van der Waals surface area contributed by atoms with Gasteiger partial charge in [0.25, 0.3) is 0 Å². The Kier molecular flexibility index (Phi) is 3.93. The molecular weight excluding hydrogens is 176 g/mol. The third-order valence-corrected chi connectivity index (χ3v) is 3.58. The van der Waals surface area contributed by atoms with Crippen LogP contribution < -0.4 is 11.1 Å². The Morgan fingerprint density at radius 2 is 2.14 bits per heavy atom. The molecule has 0 aromatic carbocycles. The molecule has 3 nitrogen and oxygen atoms in total. The fourth-order valence-corrected chi connectivity index (χ4v) is 1.92. The van der Waals surface area contributed by atoms with Crippen LogP contribution in [0.25, 0.3) is 0 Å². The molecule has 1 atom stereocenters. The molecule has 0 heterocycles. The van der Waals surface area contributed by atoms with E-state index in [1.807, 2.05) is 6.92 Å². The smallest absolute Gasteiger partial charge is 0.236 e. The highest BCUT2D eigenvalue weighted by atomic mass is 16.2. The SMILES string of the molecule is CC[C@H](N)C(=O)NCC1(CC)CCC1. The number of nitrogens with two attached hydrogens (primary N) is 1. The highest BCUT2D eigenvalue weighted by molar-refractivity contribution is 5.81. The number of hydrogen-bond donors (Lipinski definition) is 2. The monoisotopic (exact) mass is 198 g/mol. The molecule has 1 amide bonds. The van der Waals surface area contributed by atoms with E-state index in [-0.39, 0.29) is 11.9 Å². The van der Waals surface area contributed by atoms with E-state index in [1.54, 1.807) is 0 Å². The Balaban J connectivity index is 2.28. The van der Waals surface area contributed by atoms with E-state index < -0.39 is 0 Å². The van der Waals surface area contributed by atoms with Gasteiger partial charge in [0.05, 0.1) is 6.04 Å². The first-order valence-corrected chi connectivity index (χ1v) is 5.67. The summed E-state index contributed by atoms with van der Waals surface area (Å²) in [5.41, 5.74) is 6.03. The third kappa shape index (κ3) is 2.47. The van der Waals surface area contributed by atoms with E-state index >= 15 is 0 Å². The number of carbonyl (C=O) groups excluding carboxylic acids is 1. The van der Waals surface area contributed by atoms with Crippen molar-refractivity contribution in [3.63, 3.8) is 0 Å². The summed E-state index contributed by atoms with van der Waals surface area (Å²) < 4.78 is 0. The molecule has 82 valence electrons. The average molecular weight is 198 g/mol. The van der Waals surface area contributed by atoms with Crippen molar-refractivity contribution in [1.82, 2.24) is 5.32 Å². The minimum atomic E-state index is -0.330. The molecule has 0 aromatic heterocycles. The van der Waals surface area contributed by atoms with Crippen LogP contribution in [-0.2, 0) is 4.79 Å². The lowest BCUT2D eigenvalue weighted by atomic mass is 9.67. The highest BCUT2D eigenvalue weighted by Gasteiger charge is 2.35. The van der Waals surface area contributed by atoms with Crippen LogP contribution in [-0.4, -0.2) is 18.5 Å². The molecule has 0 spiro atoms. The van der Waals surface area contributed by atoms with Crippen LogP contribution in [0.3, 0.4) is 0 Å². The summed E-state index contributed by atoms with van der Waals surface area (Å²) in [5.74, 6) is 0.00669. The molecule has 0 aliphatic heterocycles. The van der Waals surface area contributed by atoms with Crippen LogP contribution >= 0.6 is 0 Å². The van der Waals surface area contributed by atoms with Crippen LogP contribution in [0, 0.1) is 5.41 Å². The van der Waals surface area contributed by atoms with Crippen LogP contribution in [0.2, 0.25) is 0 Å². The van der Waals surface area contributed by atoms with Gasteiger partial charge in [-0.2, -0.15) is 0 Å². The summed E-state index contributed by atoms with van der Waals surface area (Å²) in [4.78, 5) is 11.4. The van der Waals surface area contributed by atoms with Gasteiger partial charge in [-0.3, -0.25) is 4.79 Å². The summed E-state index contributed by atoms with van der Waals surface area (Å²) in [5, 5.41) is 2.96. The fraction of sp³-hybridized carbons (Fsp3) is 0.909. The first-order valence-electron chi connectivity index (χ1n) is 5.67. The second-order valence-corrected chi connectivity index (χ2v) is 4.44. The van der Waals surface area contributed by atoms with E-state index in [2.05, 4.69) is 12.2 Å². The molecule has 3 N–H and O–H groups in total. The molecule has 1 saturated carbocycles. The molecule has 1 rings (SSSR count). The van der Waals surface area contributed by atoms with Crippen molar-refractivity contribution in [3.8, 4) is 0 Å². The summed E-state index contributed by atoms with van der Waals surface area (Å²) in [6.45, 7) is 4.95. The number of amides is 1. The summed E-state index contributed by atoms with van der Waals surface area (Å²) in [6.07, 6.45) is 5.69. The van der Waals surface area contributed by atoms with Crippen molar-refractivity contribution in [3.05, 3.63) is 0 Å². The van der Waals surface area contributed by atoms with Gasteiger partial charge >= 0.3 is 0 Å². The van der Waals surface area contributed by atoms with Crippen LogP contribution in [0.15, 0.2) is 0 Å². The van der Waals surface area contributed by atoms with Crippen molar-refractivity contribution in [2.24, 2.45) is 11.1 Å². The second-order valence-electron chi connectivity index (χ2n) is 4.44. The topological polar surface area (TPSA) is 55.1 Å². The van der Waals surface area contributed by atoms with Crippen molar-refractivity contribution in [1.29, 1.82) is 0 Å². The lowest BCUT2D eigenvalue weighted by Crippen LogP contribution is -2.47. The van der Waals surface area contributed by atoms with E-state index in [4.69, 9.17) is 5.73 Å². The Hall–Kier alpha value is -0.570. The molecular formula is C11H22N2O. The molecule has 0 bridgehead atoms. The predicted octanol–water partition coefficient (Wildman–Crippen LogP) is 1.42. The highest BCUT2D eigenvalue weighted by Crippen LogP contribution is 2.42. The Labute approximate surface area is 86.4 Å². The molecule has 1 fully saturated rings. The van der Waals surface area contributed by atoms with Gasteiger partial charge in [-0.15, -0.1) is 0 Å². The first kappa shape index (κ1) is 11.5. The zero-order valence-corrected chi connectivity index (χ0v) is 9.31. The fourth-order valence-electron chi connectivity index (χ4n) is 1.92. The molecule has 0 radical (unpaired) electrons. The van der Waals surface area contributed by atoms with Gasteiger partial charge in [0.15, 0.2) is 0 Å². The van der Waals surface area contributed by atoms with E-state index in [0.29, 0.717) is 11.8 Å². The second kappa shape index (κ2) is 4.78. The molecule has 3 heteroatoms. The third-order valence-electron chi connectivity index (χ3n) is 3.58. The minimum Gasteiger partial charge on any atom is -0.354 e. The zero-order valence-electron chi connectivity index (χ0n) is 9.31. The van der Waals surface area contributed by atoms with Gasteiger partial charge in [-0.05, 0) is 31.1 Å². The van der Waals surface area contributed by atoms with E-state index in [9.17, 15) is 4.79 Å². The number of hydrogen-bond acceptors (Lipinski definition) is 2. The first-order chi connectivity index (χ1) is 6.63. The van der Waals surface area contributed by atoms with Crippen LogP contribution in [0.5, 0.6) is 0 Å². The molecule has 1 aliphatic rings. The maximum atomic E-state index is 11.4. The quantitative estimate of drug-likeness (QED) is 0.702. The van der Waals surface area contributed by atoms with Crippen LogP contribution in [0.4, 0.5) is 0 Å². The molecule has 1 aliphatic carbocycles. The average Bonchev–Trinajstić information content (AvgIpc) is 2.15. The summed E-state index contributed by atoms with van der Waals surface area (Å²) in [7, 11) is 0. The van der Waals surface area contributed by atoms with Gasteiger partial charge in [-0.25, -0.2) is 0 Å². The Bertz CT molecular complexity index is 194. The number of nitrogens with one attached hydrogen (secondary N) is 1. The molecule has 14 heavy (non-hydrogen) atoms. The molecule has 0 aromatic rings. The maximum Gasteiger partial charge on any atom is 0.236 e. The number of rotatable bonds is 5. The largest absolute Gasteiger partial charge is 0.354 e. The molecule has 0 unspecified atom stereocenters. The van der Waals surface area contributed by atoms with Crippen molar-refractivity contribution >= 4 is 5.91 Å². The Morgan fingerprint density at radius 3 is 2.50 bits per heavy atom. The Morgan fingerprint density at radius 1 is 1.50 bits per heavy atom. The lowest BCUT2D eigenvalue weighted by molar-refractivity contribution is -0.123. The minimum absolute atomic E-state index is 0.00669. The van der Waals surface area contributed by atoms with Gasteiger partial charge in [-0.1, -0.05) is 20.3 Å². The van der Waals surface area contributed by atoms with E-state index in [0.717, 1.165) is 13.0 Å². The van der Waals surface area contributed by atoms with Gasteiger partial charge in [0, 0.05) is 6.54 Å². The van der Waals surface area contributed by atoms with Gasteiger partial charge in [0.2, 0.25) is 5.91 Å². The van der Waals surface area contributed by atoms with Gasteiger partial charge in [0.1, 0.15) is 0 Å². The van der Waals surface area contributed by atoms with E-state index in [1.165, 1.54) is 19.3 Å². The standard InChI is InChI=1S/C11H22N2O/c1-3-9(12)10(14)13-8-11(4-2)6-5-7-11/h9H,3-8,12H2,1-2H3,(H,13,14)/t9-/m0/s1. The van der Waals surface area contributed by atoms with Gasteiger partial charge < -0.3 is 11.1 Å².